The van der Waals surface area contributed by atoms with Crippen molar-refractivity contribution in [2.75, 3.05) is 20.3 Å². The third-order valence-electron chi connectivity index (χ3n) is 6.75. The van der Waals surface area contributed by atoms with E-state index in [0.717, 1.165) is 38.5 Å². The summed E-state index contributed by atoms with van der Waals surface area (Å²) in [6, 6.07) is 0.389. The molecule has 0 spiro atoms. The molecule has 1 saturated heterocycles. The highest BCUT2D eigenvalue weighted by atomic mass is 16.6. The van der Waals surface area contributed by atoms with Crippen LogP contribution in [-0.4, -0.2) is 67.5 Å². The molecular weight excluding hydrogens is 480 g/mol. The van der Waals surface area contributed by atoms with Crippen LogP contribution in [0.5, 0.6) is 11.5 Å². The Hall–Kier alpha value is -2.72. The van der Waals surface area contributed by atoms with Gasteiger partial charge in [-0.3, -0.25) is 9.59 Å². The summed E-state index contributed by atoms with van der Waals surface area (Å²) < 4.78 is 28.7. The van der Waals surface area contributed by atoms with E-state index in [0.29, 0.717) is 12.5 Å². The molecule has 0 bridgehead atoms. The second-order valence-electron chi connectivity index (χ2n) is 10.2. The number of methoxy groups -OCH3 is 1. The summed E-state index contributed by atoms with van der Waals surface area (Å²) in [6.45, 7) is 7.71. The molecule has 1 amide bonds. The lowest BCUT2D eigenvalue weighted by atomic mass is 9.91. The number of cyclic esters (lactones) is 1. The third-order valence-corrected chi connectivity index (χ3v) is 6.75. The van der Waals surface area contributed by atoms with Crippen LogP contribution in [0.4, 0.5) is 0 Å². The van der Waals surface area contributed by atoms with Gasteiger partial charge in [-0.2, -0.15) is 0 Å². The molecule has 10 heteroatoms. The molecular formula is C27H40N2O8. The zero-order valence-corrected chi connectivity index (χ0v) is 22.5. The maximum atomic E-state index is 13.1. The highest BCUT2D eigenvalue weighted by molar-refractivity contribution is 5.98. The van der Waals surface area contributed by atoms with Crippen molar-refractivity contribution in [3.05, 3.63) is 18.0 Å². The smallest absolute Gasteiger partial charge is 0.331 e. The Balaban J connectivity index is 1.77. The van der Waals surface area contributed by atoms with Crippen molar-refractivity contribution in [3.8, 4) is 11.5 Å². The Morgan fingerprint density at radius 3 is 2.59 bits per heavy atom. The van der Waals surface area contributed by atoms with Gasteiger partial charge in [0.15, 0.2) is 17.5 Å². The van der Waals surface area contributed by atoms with E-state index in [9.17, 15) is 14.4 Å². The van der Waals surface area contributed by atoms with Crippen molar-refractivity contribution in [1.29, 1.82) is 0 Å². The van der Waals surface area contributed by atoms with Gasteiger partial charge in [-0.15, -0.1) is 0 Å². The molecule has 4 unspecified atom stereocenters. The van der Waals surface area contributed by atoms with Gasteiger partial charge in [0.1, 0.15) is 6.10 Å². The maximum absolute atomic E-state index is 13.1. The van der Waals surface area contributed by atoms with Crippen LogP contribution in [-0.2, 0) is 23.8 Å². The SMILES string of the molecule is COc1ccnc(C(=O)NC2COCC(CCC(C)C)C(OC3CCCC3)C(C)OC2=O)c1OC(C)=O. The summed E-state index contributed by atoms with van der Waals surface area (Å²) in [6.07, 6.45) is 6.87. The zero-order valence-electron chi connectivity index (χ0n) is 22.5. The van der Waals surface area contributed by atoms with Crippen molar-refractivity contribution in [2.45, 2.75) is 90.6 Å². The molecule has 0 radical (unpaired) electrons. The quantitative estimate of drug-likeness (QED) is 0.488. The number of pyridine rings is 1. The van der Waals surface area contributed by atoms with E-state index in [1.165, 1.54) is 26.3 Å². The normalized spacial score (nSPS) is 25.1. The fourth-order valence-corrected chi connectivity index (χ4v) is 4.80. The number of ether oxygens (including phenoxy) is 5. The van der Waals surface area contributed by atoms with Gasteiger partial charge in [-0.05, 0) is 32.1 Å². The summed E-state index contributed by atoms with van der Waals surface area (Å²) in [7, 11) is 1.38. The van der Waals surface area contributed by atoms with Crippen LogP contribution in [0.2, 0.25) is 0 Å². The van der Waals surface area contributed by atoms with Gasteiger partial charge in [0.2, 0.25) is 5.75 Å². The van der Waals surface area contributed by atoms with Gasteiger partial charge in [0.05, 0.1) is 32.5 Å². The molecule has 1 aromatic rings. The lowest BCUT2D eigenvalue weighted by Gasteiger charge is -2.33. The van der Waals surface area contributed by atoms with E-state index < -0.39 is 30.0 Å². The molecule has 0 aromatic carbocycles. The molecule has 37 heavy (non-hydrogen) atoms. The van der Waals surface area contributed by atoms with Crippen LogP contribution >= 0.6 is 0 Å². The second kappa shape index (κ2) is 13.7. The van der Waals surface area contributed by atoms with Gasteiger partial charge >= 0.3 is 11.9 Å². The van der Waals surface area contributed by atoms with Gasteiger partial charge in [-0.25, -0.2) is 9.78 Å². The largest absolute Gasteiger partial charge is 0.493 e. The second-order valence-corrected chi connectivity index (χ2v) is 10.2. The monoisotopic (exact) mass is 520 g/mol. The van der Waals surface area contributed by atoms with E-state index in [1.807, 2.05) is 6.92 Å². The number of nitrogens with one attached hydrogen (secondary N) is 1. The van der Waals surface area contributed by atoms with Gasteiger partial charge < -0.3 is 29.0 Å². The Bertz CT molecular complexity index is 931. The van der Waals surface area contributed by atoms with Crippen LogP contribution < -0.4 is 14.8 Å². The first-order valence-corrected chi connectivity index (χ1v) is 13.2. The predicted molar refractivity (Wildman–Crippen MR) is 134 cm³/mol. The summed E-state index contributed by atoms with van der Waals surface area (Å²) in [5.41, 5.74) is -0.187. The van der Waals surface area contributed by atoms with E-state index in [4.69, 9.17) is 23.7 Å². The minimum Gasteiger partial charge on any atom is -0.493 e. The van der Waals surface area contributed by atoms with Crippen molar-refractivity contribution in [3.63, 3.8) is 0 Å². The number of aromatic nitrogens is 1. The summed E-state index contributed by atoms with van der Waals surface area (Å²) in [4.78, 5) is 41.9. The minimum atomic E-state index is -1.08. The van der Waals surface area contributed by atoms with E-state index >= 15 is 0 Å². The van der Waals surface area contributed by atoms with Crippen LogP contribution in [0.3, 0.4) is 0 Å². The highest BCUT2D eigenvalue weighted by Crippen LogP contribution is 2.31. The molecule has 1 aromatic heterocycles. The Morgan fingerprint density at radius 2 is 1.95 bits per heavy atom. The first kappa shape index (κ1) is 28.8. The van der Waals surface area contributed by atoms with Crippen LogP contribution in [0.25, 0.3) is 0 Å². The number of nitrogens with zero attached hydrogens (tertiary/aromatic N) is 1. The lowest BCUT2D eigenvalue weighted by Crippen LogP contribution is -2.47. The Labute approximate surface area is 218 Å². The average molecular weight is 521 g/mol. The Morgan fingerprint density at radius 1 is 1.22 bits per heavy atom. The first-order valence-electron chi connectivity index (χ1n) is 13.2. The number of rotatable bonds is 9. The number of carbonyl (C=O) groups is 3. The van der Waals surface area contributed by atoms with Gasteiger partial charge in [0.25, 0.3) is 5.91 Å². The fourth-order valence-electron chi connectivity index (χ4n) is 4.80. The number of hydrogen-bond donors (Lipinski definition) is 1. The maximum Gasteiger partial charge on any atom is 0.331 e. The first-order chi connectivity index (χ1) is 17.7. The number of esters is 2. The molecule has 206 valence electrons. The highest BCUT2D eigenvalue weighted by Gasteiger charge is 2.37. The molecule has 2 fully saturated rings. The summed E-state index contributed by atoms with van der Waals surface area (Å²) >= 11 is 0. The standard InChI is InChI=1S/C27H40N2O8/c1-16(2)10-11-19-14-34-15-21(27(32)35-17(3)24(19)37-20-8-6-7-9-20)29-26(31)23-25(36-18(4)30)22(33-5)12-13-28-23/h12-13,16-17,19-21,24H,6-11,14-15H2,1-5H3,(H,29,31). The van der Waals surface area contributed by atoms with E-state index in [1.54, 1.807) is 0 Å². The molecule has 4 atom stereocenters. The topological polar surface area (TPSA) is 122 Å². The molecule has 10 nitrogen and oxygen atoms in total. The van der Waals surface area contributed by atoms with Crippen molar-refractivity contribution in [1.82, 2.24) is 10.3 Å². The van der Waals surface area contributed by atoms with Crippen molar-refractivity contribution < 1.29 is 38.1 Å². The number of carbonyl (C=O) groups excluding carboxylic acids is 3. The average Bonchev–Trinajstić information content (AvgIpc) is 3.37. The number of hydrogen-bond acceptors (Lipinski definition) is 9. The van der Waals surface area contributed by atoms with Crippen LogP contribution in [0, 0.1) is 11.8 Å². The van der Waals surface area contributed by atoms with E-state index in [2.05, 4.69) is 24.1 Å². The molecule has 3 rings (SSSR count). The van der Waals surface area contributed by atoms with Crippen LogP contribution in [0.15, 0.2) is 12.3 Å². The fraction of sp³-hybridized carbons (Fsp3) is 0.704. The number of amides is 1. The molecule has 1 saturated carbocycles. The third kappa shape index (κ3) is 8.13. The Kier molecular flexibility index (Phi) is 10.7. The summed E-state index contributed by atoms with van der Waals surface area (Å²) in [5, 5.41) is 2.63. The van der Waals surface area contributed by atoms with E-state index in [-0.39, 0.29) is 41.9 Å². The molecule has 2 heterocycles. The predicted octanol–water partition coefficient (Wildman–Crippen LogP) is 3.46. The minimum absolute atomic E-state index is 0.0517. The summed E-state index contributed by atoms with van der Waals surface area (Å²) in [5.74, 6) is -1.37. The van der Waals surface area contributed by atoms with Gasteiger partial charge in [0, 0.05) is 25.1 Å². The molecule has 1 aliphatic carbocycles. The van der Waals surface area contributed by atoms with Crippen LogP contribution in [0.1, 0.15) is 76.7 Å². The molecule has 1 N–H and O–H groups in total. The van der Waals surface area contributed by atoms with Gasteiger partial charge in [-0.1, -0.05) is 33.1 Å². The lowest BCUT2D eigenvalue weighted by molar-refractivity contribution is -0.164. The zero-order chi connectivity index (χ0) is 26.9. The van der Waals surface area contributed by atoms with Crippen molar-refractivity contribution in [2.24, 2.45) is 11.8 Å². The molecule has 2 aliphatic rings. The molecule has 1 aliphatic heterocycles. The van der Waals surface area contributed by atoms with Crippen molar-refractivity contribution >= 4 is 17.8 Å².